The number of hydrogen-bond donors (Lipinski definition) is 0. The van der Waals surface area contributed by atoms with Gasteiger partial charge in [-0.15, -0.1) is 33.2 Å². The molecule has 0 aliphatic carbocycles. The van der Waals surface area contributed by atoms with E-state index in [0.29, 0.717) is 6.04 Å². The lowest BCUT2D eigenvalue weighted by Crippen LogP contribution is -2.14. The maximum atomic E-state index is 6.13. The van der Waals surface area contributed by atoms with Crippen molar-refractivity contribution in [1.82, 2.24) is 0 Å². The zero-order valence-corrected chi connectivity index (χ0v) is 14.3. The normalized spacial score (nSPS) is 12.7. The Morgan fingerprint density at radius 2 is 1.24 bits per heavy atom. The van der Waals surface area contributed by atoms with E-state index in [4.69, 9.17) is 33.2 Å². The Morgan fingerprint density at radius 3 is 1.90 bits per heavy atom. The highest BCUT2D eigenvalue weighted by Crippen LogP contribution is 2.37. The molecule has 4 aromatic rings. The molecule has 0 unspecified atom stereocenters. The molecule has 0 aliphatic rings. The van der Waals surface area contributed by atoms with E-state index >= 15 is 0 Å². The Labute approximate surface area is 137 Å². The average Bonchev–Trinajstić information content (AvgIpc) is 2.45. The molecular formula is C17H11Cl3Si. The summed E-state index contributed by atoms with van der Waals surface area (Å²) in [6.45, 7) is 0. The van der Waals surface area contributed by atoms with Crippen LogP contribution in [-0.4, -0.2) is 6.00 Å². The van der Waals surface area contributed by atoms with Crippen LogP contribution in [0.2, 0.25) is 0 Å². The Hall–Kier alpha value is -0.993. The quantitative estimate of drug-likeness (QED) is 0.226. The van der Waals surface area contributed by atoms with Gasteiger partial charge >= 0.3 is 6.00 Å². The predicted octanol–water partition coefficient (Wildman–Crippen LogP) is 6.32. The molecule has 0 N–H and O–H groups in total. The number of hydrogen-bond acceptors (Lipinski definition) is 0. The first kappa shape index (κ1) is 13.7. The largest absolute Gasteiger partial charge is 0.345 e. The van der Waals surface area contributed by atoms with Crippen molar-refractivity contribution in [3.8, 4) is 0 Å². The van der Waals surface area contributed by atoms with Crippen LogP contribution in [0.25, 0.3) is 32.3 Å². The molecule has 0 heterocycles. The minimum absolute atomic E-state index is 0.547. The maximum absolute atomic E-state index is 6.13. The van der Waals surface area contributed by atoms with Crippen molar-refractivity contribution < 1.29 is 0 Å². The summed E-state index contributed by atoms with van der Waals surface area (Å²) in [5.74, 6) is 0. The van der Waals surface area contributed by atoms with Crippen LogP contribution in [0, 0.1) is 0 Å². The molecule has 0 aliphatic heterocycles. The van der Waals surface area contributed by atoms with E-state index in [9.17, 15) is 0 Å². The molecule has 0 radical (unpaired) electrons. The van der Waals surface area contributed by atoms with Crippen molar-refractivity contribution in [2.75, 3.05) is 0 Å². The highest BCUT2D eigenvalue weighted by Gasteiger charge is 2.26. The maximum Gasteiger partial charge on any atom is 0.345 e. The van der Waals surface area contributed by atoms with E-state index in [-0.39, 0.29) is 0 Å². The van der Waals surface area contributed by atoms with E-state index in [2.05, 4.69) is 54.6 Å². The minimum Gasteiger partial charge on any atom is -0.126 e. The zero-order chi connectivity index (χ0) is 14.6. The Balaban J connectivity index is 2.15. The molecule has 0 bridgehead atoms. The second-order valence-electron chi connectivity index (χ2n) is 5.37. The third-order valence-electron chi connectivity index (χ3n) is 4.01. The van der Waals surface area contributed by atoms with Crippen LogP contribution >= 0.6 is 33.2 Å². The van der Waals surface area contributed by atoms with Gasteiger partial charge in [-0.3, -0.25) is 0 Å². The zero-order valence-electron chi connectivity index (χ0n) is 11.0. The predicted molar refractivity (Wildman–Crippen MR) is 97.2 cm³/mol. The van der Waals surface area contributed by atoms with E-state index in [1.807, 2.05) is 0 Å². The summed E-state index contributed by atoms with van der Waals surface area (Å²) >= 11 is 18.4. The Morgan fingerprint density at radius 1 is 0.667 bits per heavy atom. The molecule has 104 valence electrons. The van der Waals surface area contributed by atoms with E-state index in [1.54, 1.807) is 0 Å². The van der Waals surface area contributed by atoms with Gasteiger partial charge in [-0.1, -0.05) is 54.6 Å². The van der Waals surface area contributed by atoms with E-state index in [0.717, 1.165) is 5.56 Å². The fourth-order valence-electron chi connectivity index (χ4n) is 3.17. The topological polar surface area (TPSA) is 0 Å². The monoisotopic (exact) mass is 348 g/mol. The summed E-state index contributed by atoms with van der Waals surface area (Å²) in [5.41, 5.74) is 1.13. The van der Waals surface area contributed by atoms with Crippen LogP contribution in [0.3, 0.4) is 0 Å². The second-order valence-corrected chi connectivity index (χ2v) is 14.5. The summed E-state index contributed by atoms with van der Waals surface area (Å²) < 4.78 is 0. The third-order valence-corrected chi connectivity index (χ3v) is 5.99. The fraction of sp³-hybridized carbons (Fsp3) is 0.0588. The number of rotatable bonds is 2. The van der Waals surface area contributed by atoms with Gasteiger partial charge in [0.2, 0.25) is 0 Å². The highest BCUT2D eigenvalue weighted by molar-refractivity contribution is 7.64. The van der Waals surface area contributed by atoms with Crippen molar-refractivity contribution >= 4 is 71.6 Å². The van der Waals surface area contributed by atoms with Gasteiger partial charge in [0.25, 0.3) is 0 Å². The van der Waals surface area contributed by atoms with Gasteiger partial charge in [0.1, 0.15) is 0 Å². The molecule has 4 heteroatoms. The summed E-state index contributed by atoms with van der Waals surface area (Å²) in [6, 6.07) is 17.1. The van der Waals surface area contributed by atoms with E-state index in [1.165, 1.54) is 32.3 Å². The first-order valence-electron chi connectivity index (χ1n) is 6.75. The first-order valence-corrected chi connectivity index (χ1v) is 12.0. The van der Waals surface area contributed by atoms with Crippen LogP contribution in [-0.2, 0) is 6.04 Å². The van der Waals surface area contributed by atoms with Gasteiger partial charge in [-0.25, -0.2) is 0 Å². The van der Waals surface area contributed by atoms with Gasteiger partial charge in [0.05, 0.1) is 0 Å². The van der Waals surface area contributed by atoms with Crippen molar-refractivity contribution in [3.05, 3.63) is 60.2 Å². The van der Waals surface area contributed by atoms with Crippen LogP contribution in [0.4, 0.5) is 0 Å². The molecule has 0 saturated heterocycles. The molecule has 0 spiro atoms. The summed E-state index contributed by atoms with van der Waals surface area (Å²) in [6.07, 6.45) is 0. The lowest BCUT2D eigenvalue weighted by atomic mass is 9.92. The first-order chi connectivity index (χ1) is 10.0. The lowest BCUT2D eigenvalue weighted by molar-refractivity contribution is 1.44. The van der Waals surface area contributed by atoms with Gasteiger partial charge in [-0.2, -0.15) is 0 Å². The van der Waals surface area contributed by atoms with Crippen LogP contribution in [0.1, 0.15) is 5.56 Å². The van der Waals surface area contributed by atoms with Crippen molar-refractivity contribution in [1.29, 1.82) is 0 Å². The SMILES string of the molecule is Cl[Si](Cl)(Cl)Cc1ccc2ccc3cccc4ccc1c2c34. The molecule has 0 nitrogen and oxygen atoms in total. The fourth-order valence-corrected chi connectivity index (χ4v) is 5.20. The van der Waals surface area contributed by atoms with Gasteiger partial charge in [-0.05, 0) is 37.9 Å². The molecule has 0 aromatic heterocycles. The second kappa shape index (κ2) is 4.75. The minimum atomic E-state index is -2.70. The smallest absolute Gasteiger partial charge is 0.126 e. The number of halogens is 3. The average molecular weight is 350 g/mol. The van der Waals surface area contributed by atoms with Crippen molar-refractivity contribution in [3.63, 3.8) is 0 Å². The molecule has 0 amide bonds. The molecule has 4 aromatic carbocycles. The van der Waals surface area contributed by atoms with Gasteiger partial charge in [0.15, 0.2) is 0 Å². The Kier molecular flexibility index (Phi) is 3.09. The summed E-state index contributed by atoms with van der Waals surface area (Å²) in [5, 5.41) is 7.55. The van der Waals surface area contributed by atoms with Gasteiger partial charge < -0.3 is 0 Å². The van der Waals surface area contributed by atoms with Gasteiger partial charge in [0, 0.05) is 6.04 Å². The lowest BCUT2D eigenvalue weighted by Gasteiger charge is -2.15. The summed E-state index contributed by atoms with van der Waals surface area (Å²) in [4.78, 5) is 0. The number of benzene rings is 4. The standard InChI is InChI=1S/C17H11Cl3Si/c18-21(19,20)10-14-7-6-13-5-4-11-2-1-3-12-8-9-15(14)17(13)16(11)12/h1-9H,10H2. The molecule has 0 atom stereocenters. The Bertz CT molecular complexity index is 941. The van der Waals surface area contributed by atoms with E-state index < -0.39 is 6.00 Å². The van der Waals surface area contributed by atoms with Crippen LogP contribution in [0.5, 0.6) is 0 Å². The molecular weight excluding hydrogens is 339 g/mol. The molecule has 0 fully saturated rings. The molecule has 21 heavy (non-hydrogen) atoms. The third kappa shape index (κ3) is 2.29. The van der Waals surface area contributed by atoms with Crippen molar-refractivity contribution in [2.45, 2.75) is 6.04 Å². The molecule has 4 rings (SSSR count). The molecule has 0 saturated carbocycles. The van der Waals surface area contributed by atoms with Crippen LogP contribution < -0.4 is 0 Å². The van der Waals surface area contributed by atoms with Crippen molar-refractivity contribution in [2.24, 2.45) is 0 Å². The van der Waals surface area contributed by atoms with Crippen LogP contribution in [0.15, 0.2) is 54.6 Å². The summed E-state index contributed by atoms with van der Waals surface area (Å²) in [7, 11) is 0. The highest BCUT2D eigenvalue weighted by atomic mass is 35.8.